The number of hydrogen-bond donors (Lipinski definition) is 2. The van der Waals surface area contributed by atoms with Crippen LogP contribution in [0.2, 0.25) is 0 Å². The van der Waals surface area contributed by atoms with Crippen LogP contribution in [0.25, 0.3) is 6.08 Å². The molecule has 100 valence electrons. The molecular weight excluding hydrogens is 246 g/mol. The van der Waals surface area contributed by atoms with Crippen LogP contribution in [-0.2, 0) is 4.79 Å². The zero-order valence-electron chi connectivity index (χ0n) is 10.3. The van der Waals surface area contributed by atoms with Crippen molar-refractivity contribution in [1.29, 1.82) is 0 Å². The summed E-state index contributed by atoms with van der Waals surface area (Å²) in [7, 11) is 0. The predicted octanol–water partition coefficient (Wildman–Crippen LogP) is 1.21. The van der Waals surface area contributed by atoms with Crippen LogP contribution >= 0.6 is 0 Å². The first-order chi connectivity index (χ1) is 9.06. The summed E-state index contributed by atoms with van der Waals surface area (Å²) in [5.74, 6) is -0.255. The summed E-state index contributed by atoms with van der Waals surface area (Å²) in [5.41, 5.74) is 6.01. The first kappa shape index (κ1) is 13.2. The number of nitro benzene ring substituents is 1. The summed E-state index contributed by atoms with van der Waals surface area (Å²) in [5, 5.41) is 13.6. The number of hydrogen-bond acceptors (Lipinski definition) is 4. The second kappa shape index (κ2) is 5.62. The fourth-order valence-corrected chi connectivity index (χ4v) is 1.99. The van der Waals surface area contributed by atoms with E-state index in [1.807, 2.05) is 0 Å². The van der Waals surface area contributed by atoms with Crippen LogP contribution < -0.4 is 11.1 Å². The number of rotatable bonds is 4. The van der Waals surface area contributed by atoms with E-state index in [0.717, 1.165) is 12.8 Å². The van der Waals surface area contributed by atoms with E-state index in [9.17, 15) is 14.9 Å². The van der Waals surface area contributed by atoms with Crippen molar-refractivity contribution in [2.75, 3.05) is 0 Å². The molecule has 1 aromatic carbocycles. The number of nitro groups is 1. The third-order valence-electron chi connectivity index (χ3n) is 3.07. The van der Waals surface area contributed by atoms with Gasteiger partial charge < -0.3 is 11.1 Å². The molecular formula is C13H15N3O3. The molecule has 0 spiro atoms. The van der Waals surface area contributed by atoms with Gasteiger partial charge in [-0.3, -0.25) is 14.9 Å². The third-order valence-corrected chi connectivity index (χ3v) is 3.07. The minimum atomic E-state index is -0.470. The Hall–Kier alpha value is -2.21. The Morgan fingerprint density at radius 1 is 1.42 bits per heavy atom. The van der Waals surface area contributed by atoms with Gasteiger partial charge in [0.1, 0.15) is 0 Å². The first-order valence-corrected chi connectivity index (χ1v) is 6.04. The smallest absolute Gasteiger partial charge is 0.276 e. The van der Waals surface area contributed by atoms with Crippen molar-refractivity contribution in [3.8, 4) is 0 Å². The summed E-state index contributed by atoms with van der Waals surface area (Å²) >= 11 is 0. The Morgan fingerprint density at radius 3 is 2.74 bits per heavy atom. The van der Waals surface area contributed by atoms with Crippen molar-refractivity contribution in [2.24, 2.45) is 5.73 Å². The molecule has 0 aromatic heterocycles. The monoisotopic (exact) mass is 261 g/mol. The van der Waals surface area contributed by atoms with Crippen LogP contribution in [0.4, 0.5) is 5.69 Å². The molecule has 6 nitrogen and oxygen atoms in total. The molecule has 1 amide bonds. The highest BCUT2D eigenvalue weighted by Gasteiger charge is 2.26. The largest absolute Gasteiger partial charge is 0.350 e. The van der Waals surface area contributed by atoms with Gasteiger partial charge in [0.05, 0.1) is 10.5 Å². The maximum absolute atomic E-state index is 11.6. The number of carbonyl (C=O) groups is 1. The molecule has 2 rings (SSSR count). The minimum Gasteiger partial charge on any atom is -0.350 e. The molecule has 0 heterocycles. The van der Waals surface area contributed by atoms with E-state index in [0.29, 0.717) is 5.56 Å². The fourth-order valence-electron chi connectivity index (χ4n) is 1.99. The number of benzene rings is 1. The standard InChI is InChI=1S/C13H15N3O3/c14-10-7-11(8-10)15-13(17)6-5-9-3-1-2-4-12(9)16(18)19/h1-6,10-11H,7-8,14H2,(H,15,17)/b6-5+. The average Bonchev–Trinajstić information content (AvgIpc) is 2.34. The van der Waals surface area contributed by atoms with Gasteiger partial charge in [0.25, 0.3) is 5.69 Å². The van der Waals surface area contributed by atoms with Crippen LogP contribution in [-0.4, -0.2) is 22.9 Å². The van der Waals surface area contributed by atoms with Crippen molar-refractivity contribution in [3.05, 3.63) is 46.0 Å². The zero-order valence-corrected chi connectivity index (χ0v) is 10.3. The van der Waals surface area contributed by atoms with Gasteiger partial charge in [0, 0.05) is 24.2 Å². The van der Waals surface area contributed by atoms with E-state index in [1.54, 1.807) is 18.2 Å². The highest BCUT2D eigenvalue weighted by atomic mass is 16.6. The Morgan fingerprint density at radius 2 is 2.11 bits per heavy atom. The van der Waals surface area contributed by atoms with Crippen molar-refractivity contribution < 1.29 is 9.72 Å². The minimum absolute atomic E-state index is 0.0165. The number of amides is 1. The van der Waals surface area contributed by atoms with Gasteiger partial charge in [-0.25, -0.2) is 0 Å². The van der Waals surface area contributed by atoms with Gasteiger partial charge in [-0.1, -0.05) is 12.1 Å². The lowest BCUT2D eigenvalue weighted by atomic mass is 9.87. The first-order valence-electron chi connectivity index (χ1n) is 6.04. The van der Waals surface area contributed by atoms with Gasteiger partial charge in [-0.05, 0) is 25.0 Å². The molecule has 0 radical (unpaired) electrons. The van der Waals surface area contributed by atoms with E-state index in [-0.39, 0.29) is 23.7 Å². The lowest BCUT2D eigenvalue weighted by Crippen LogP contribution is -2.49. The molecule has 3 N–H and O–H groups in total. The van der Waals surface area contributed by atoms with Crippen molar-refractivity contribution >= 4 is 17.7 Å². The average molecular weight is 261 g/mol. The van der Waals surface area contributed by atoms with E-state index >= 15 is 0 Å². The Bertz CT molecular complexity index is 522. The molecule has 0 bridgehead atoms. The van der Waals surface area contributed by atoms with E-state index in [2.05, 4.69) is 5.32 Å². The number of para-hydroxylation sites is 1. The zero-order chi connectivity index (χ0) is 13.8. The summed E-state index contributed by atoms with van der Waals surface area (Å²) in [6.45, 7) is 0. The van der Waals surface area contributed by atoms with Crippen LogP contribution in [0.3, 0.4) is 0 Å². The Balaban J connectivity index is 1.98. The molecule has 1 aromatic rings. The van der Waals surface area contributed by atoms with Gasteiger partial charge in [0.15, 0.2) is 0 Å². The molecule has 0 unspecified atom stereocenters. The van der Waals surface area contributed by atoms with Crippen LogP contribution in [0, 0.1) is 10.1 Å². The maximum atomic E-state index is 11.6. The quantitative estimate of drug-likeness (QED) is 0.483. The third kappa shape index (κ3) is 3.38. The lowest BCUT2D eigenvalue weighted by molar-refractivity contribution is -0.385. The molecule has 1 aliphatic carbocycles. The summed E-state index contributed by atoms with van der Waals surface area (Å²) in [6.07, 6.45) is 4.33. The van der Waals surface area contributed by atoms with Gasteiger partial charge in [0.2, 0.25) is 5.91 Å². The topological polar surface area (TPSA) is 98.3 Å². The summed E-state index contributed by atoms with van der Waals surface area (Å²) in [4.78, 5) is 21.9. The number of nitrogens with two attached hydrogens (primary N) is 1. The van der Waals surface area contributed by atoms with Gasteiger partial charge in [-0.2, -0.15) is 0 Å². The molecule has 0 atom stereocenters. The normalized spacial score (nSPS) is 21.9. The second-order valence-corrected chi connectivity index (χ2v) is 4.59. The maximum Gasteiger partial charge on any atom is 0.276 e. The fraction of sp³-hybridized carbons (Fsp3) is 0.308. The molecule has 1 fully saturated rings. The van der Waals surface area contributed by atoms with Crippen molar-refractivity contribution in [1.82, 2.24) is 5.32 Å². The molecule has 0 aliphatic heterocycles. The number of nitrogens with zero attached hydrogens (tertiary/aromatic N) is 1. The van der Waals surface area contributed by atoms with E-state index in [1.165, 1.54) is 18.2 Å². The summed E-state index contributed by atoms with van der Waals surface area (Å²) < 4.78 is 0. The number of carbonyl (C=O) groups excluding carboxylic acids is 1. The van der Waals surface area contributed by atoms with Crippen LogP contribution in [0.5, 0.6) is 0 Å². The number of nitrogens with one attached hydrogen (secondary N) is 1. The highest BCUT2D eigenvalue weighted by Crippen LogP contribution is 2.19. The SMILES string of the molecule is NC1CC(NC(=O)/C=C/c2ccccc2[N+](=O)[O-])C1. The molecule has 19 heavy (non-hydrogen) atoms. The Labute approximate surface area is 110 Å². The molecule has 0 saturated heterocycles. The van der Waals surface area contributed by atoms with E-state index < -0.39 is 4.92 Å². The predicted molar refractivity (Wildman–Crippen MR) is 71.3 cm³/mol. The second-order valence-electron chi connectivity index (χ2n) is 4.59. The summed E-state index contributed by atoms with van der Waals surface area (Å²) in [6, 6.07) is 6.58. The van der Waals surface area contributed by atoms with Crippen molar-refractivity contribution in [2.45, 2.75) is 24.9 Å². The highest BCUT2D eigenvalue weighted by molar-refractivity contribution is 5.92. The van der Waals surface area contributed by atoms with Crippen molar-refractivity contribution in [3.63, 3.8) is 0 Å². The molecule has 1 saturated carbocycles. The van der Waals surface area contributed by atoms with Crippen LogP contribution in [0.1, 0.15) is 18.4 Å². The van der Waals surface area contributed by atoms with Gasteiger partial charge >= 0.3 is 0 Å². The van der Waals surface area contributed by atoms with Gasteiger partial charge in [-0.15, -0.1) is 0 Å². The molecule has 6 heteroatoms. The van der Waals surface area contributed by atoms with Crippen LogP contribution in [0.15, 0.2) is 30.3 Å². The lowest BCUT2D eigenvalue weighted by Gasteiger charge is -2.32. The van der Waals surface area contributed by atoms with E-state index in [4.69, 9.17) is 5.73 Å². The Kier molecular flexibility index (Phi) is 3.91. The molecule has 1 aliphatic rings.